The SMILES string of the molecule is Cc1nc(NCc2ccccn2)cc(C(=O)NC(C)(C)C)n1. The summed E-state index contributed by atoms with van der Waals surface area (Å²) in [6.45, 7) is 8.09. The fraction of sp³-hybridized carbons (Fsp3) is 0.375. The zero-order valence-electron chi connectivity index (χ0n) is 13.3. The van der Waals surface area contributed by atoms with Gasteiger partial charge in [-0.3, -0.25) is 9.78 Å². The summed E-state index contributed by atoms with van der Waals surface area (Å²) in [5.41, 5.74) is 0.947. The van der Waals surface area contributed by atoms with Crippen LogP contribution in [0, 0.1) is 6.92 Å². The van der Waals surface area contributed by atoms with Crippen molar-refractivity contribution in [1.29, 1.82) is 0 Å². The highest BCUT2D eigenvalue weighted by atomic mass is 16.2. The van der Waals surface area contributed by atoms with Crippen molar-refractivity contribution in [3.63, 3.8) is 0 Å². The van der Waals surface area contributed by atoms with Crippen LogP contribution in [0.2, 0.25) is 0 Å². The van der Waals surface area contributed by atoms with E-state index in [0.717, 1.165) is 5.69 Å². The van der Waals surface area contributed by atoms with Crippen molar-refractivity contribution >= 4 is 11.7 Å². The highest BCUT2D eigenvalue weighted by Crippen LogP contribution is 2.10. The van der Waals surface area contributed by atoms with E-state index in [4.69, 9.17) is 0 Å². The molecule has 2 heterocycles. The Bertz CT molecular complexity index is 649. The standard InChI is InChI=1S/C16H21N5O/c1-11-19-13(15(22)21-16(2,3)4)9-14(20-11)18-10-12-7-5-6-8-17-12/h5-9H,10H2,1-4H3,(H,21,22)(H,18,19,20). The van der Waals surface area contributed by atoms with Gasteiger partial charge in [-0.1, -0.05) is 6.07 Å². The van der Waals surface area contributed by atoms with Gasteiger partial charge < -0.3 is 10.6 Å². The molecule has 0 bridgehead atoms. The Morgan fingerprint density at radius 3 is 2.64 bits per heavy atom. The molecule has 0 aromatic carbocycles. The maximum absolute atomic E-state index is 12.2. The van der Waals surface area contributed by atoms with Crippen LogP contribution in [0.3, 0.4) is 0 Å². The van der Waals surface area contributed by atoms with Crippen molar-refractivity contribution in [2.24, 2.45) is 0 Å². The summed E-state index contributed by atoms with van der Waals surface area (Å²) in [5.74, 6) is 0.946. The molecule has 2 aromatic rings. The zero-order valence-corrected chi connectivity index (χ0v) is 13.3. The second-order valence-corrected chi connectivity index (χ2v) is 6.06. The number of hydrogen-bond acceptors (Lipinski definition) is 5. The molecule has 116 valence electrons. The van der Waals surface area contributed by atoms with Crippen LogP contribution in [0.5, 0.6) is 0 Å². The Balaban J connectivity index is 2.11. The van der Waals surface area contributed by atoms with Crippen LogP contribution in [-0.4, -0.2) is 26.4 Å². The third-order valence-corrected chi connectivity index (χ3v) is 2.74. The molecule has 0 fully saturated rings. The van der Waals surface area contributed by atoms with Crippen molar-refractivity contribution in [2.45, 2.75) is 39.8 Å². The van der Waals surface area contributed by atoms with Gasteiger partial charge in [-0.05, 0) is 39.8 Å². The maximum Gasteiger partial charge on any atom is 0.270 e. The van der Waals surface area contributed by atoms with Crippen LogP contribution in [-0.2, 0) is 6.54 Å². The van der Waals surface area contributed by atoms with Crippen LogP contribution in [0.1, 0.15) is 42.8 Å². The van der Waals surface area contributed by atoms with E-state index in [1.54, 1.807) is 19.2 Å². The molecular weight excluding hydrogens is 278 g/mol. The lowest BCUT2D eigenvalue weighted by Gasteiger charge is -2.20. The first-order chi connectivity index (χ1) is 10.3. The van der Waals surface area contributed by atoms with E-state index >= 15 is 0 Å². The molecule has 0 atom stereocenters. The summed E-state index contributed by atoms with van der Waals surface area (Å²) < 4.78 is 0. The number of aromatic nitrogens is 3. The van der Waals surface area contributed by atoms with Crippen molar-refractivity contribution in [3.05, 3.63) is 47.7 Å². The molecule has 2 N–H and O–H groups in total. The minimum atomic E-state index is -0.308. The average molecular weight is 299 g/mol. The predicted octanol–water partition coefficient (Wildman–Crippen LogP) is 2.32. The number of pyridine rings is 1. The lowest BCUT2D eigenvalue weighted by molar-refractivity contribution is 0.0914. The quantitative estimate of drug-likeness (QED) is 0.905. The summed E-state index contributed by atoms with van der Waals surface area (Å²) in [5, 5.41) is 6.06. The number of hydrogen-bond donors (Lipinski definition) is 2. The van der Waals surface area contributed by atoms with Crippen molar-refractivity contribution < 1.29 is 4.79 Å². The van der Waals surface area contributed by atoms with Crippen LogP contribution < -0.4 is 10.6 Å². The number of nitrogens with one attached hydrogen (secondary N) is 2. The van der Waals surface area contributed by atoms with Gasteiger partial charge in [0.05, 0.1) is 12.2 Å². The third-order valence-electron chi connectivity index (χ3n) is 2.74. The molecule has 6 nitrogen and oxygen atoms in total. The second-order valence-electron chi connectivity index (χ2n) is 6.06. The topological polar surface area (TPSA) is 79.8 Å². The summed E-state index contributed by atoms with van der Waals surface area (Å²) in [6.07, 6.45) is 1.74. The molecule has 6 heteroatoms. The van der Waals surface area contributed by atoms with Crippen molar-refractivity contribution in [2.75, 3.05) is 5.32 Å². The van der Waals surface area contributed by atoms with E-state index in [1.165, 1.54) is 0 Å². The first-order valence-electron chi connectivity index (χ1n) is 7.15. The molecule has 2 aromatic heterocycles. The first-order valence-corrected chi connectivity index (χ1v) is 7.15. The number of anilines is 1. The van der Waals surface area contributed by atoms with Crippen molar-refractivity contribution in [3.8, 4) is 0 Å². The smallest absolute Gasteiger partial charge is 0.270 e. The number of amides is 1. The molecule has 0 unspecified atom stereocenters. The Hall–Kier alpha value is -2.50. The van der Waals surface area contributed by atoms with E-state index in [-0.39, 0.29) is 11.4 Å². The van der Waals surface area contributed by atoms with E-state index in [1.807, 2.05) is 39.0 Å². The number of aryl methyl sites for hydroxylation is 1. The van der Waals surface area contributed by atoms with Gasteiger partial charge in [0.2, 0.25) is 0 Å². The lowest BCUT2D eigenvalue weighted by atomic mass is 10.1. The van der Waals surface area contributed by atoms with Crippen molar-refractivity contribution in [1.82, 2.24) is 20.3 Å². The monoisotopic (exact) mass is 299 g/mol. The fourth-order valence-electron chi connectivity index (χ4n) is 1.86. The molecule has 0 radical (unpaired) electrons. The first kappa shape index (κ1) is 15.9. The molecule has 0 saturated carbocycles. The maximum atomic E-state index is 12.2. The van der Waals surface area contributed by atoms with Gasteiger partial charge in [0, 0.05) is 17.8 Å². The molecule has 0 aliphatic rings. The van der Waals surface area contributed by atoms with Crippen LogP contribution in [0.4, 0.5) is 5.82 Å². The Kier molecular flexibility index (Phi) is 4.70. The highest BCUT2D eigenvalue weighted by molar-refractivity contribution is 5.93. The lowest BCUT2D eigenvalue weighted by Crippen LogP contribution is -2.41. The summed E-state index contributed by atoms with van der Waals surface area (Å²) in [7, 11) is 0. The van der Waals surface area contributed by atoms with Gasteiger partial charge in [-0.25, -0.2) is 9.97 Å². The summed E-state index contributed by atoms with van der Waals surface area (Å²) in [6, 6.07) is 7.37. The molecular formula is C16H21N5O. The zero-order chi connectivity index (χ0) is 16.2. The Morgan fingerprint density at radius 1 is 1.23 bits per heavy atom. The van der Waals surface area contributed by atoms with Crippen LogP contribution in [0.15, 0.2) is 30.5 Å². The minimum absolute atomic E-state index is 0.209. The molecule has 0 spiro atoms. The van der Waals surface area contributed by atoms with Gasteiger partial charge >= 0.3 is 0 Å². The predicted molar refractivity (Wildman–Crippen MR) is 85.6 cm³/mol. The van der Waals surface area contributed by atoms with Gasteiger partial charge in [-0.2, -0.15) is 0 Å². The van der Waals surface area contributed by atoms with E-state index in [9.17, 15) is 4.79 Å². The molecule has 0 aliphatic carbocycles. The van der Waals surface area contributed by atoms with E-state index in [0.29, 0.717) is 23.9 Å². The number of carbonyl (C=O) groups is 1. The van der Waals surface area contributed by atoms with Crippen LogP contribution >= 0.6 is 0 Å². The number of rotatable bonds is 4. The largest absolute Gasteiger partial charge is 0.364 e. The average Bonchev–Trinajstić information content (AvgIpc) is 2.44. The van der Waals surface area contributed by atoms with Gasteiger partial charge in [0.1, 0.15) is 17.3 Å². The Labute approximate surface area is 130 Å². The second kappa shape index (κ2) is 6.51. The number of carbonyl (C=O) groups excluding carboxylic acids is 1. The van der Waals surface area contributed by atoms with Gasteiger partial charge in [0.25, 0.3) is 5.91 Å². The van der Waals surface area contributed by atoms with Gasteiger partial charge in [-0.15, -0.1) is 0 Å². The fourth-order valence-corrected chi connectivity index (χ4v) is 1.86. The van der Waals surface area contributed by atoms with E-state index < -0.39 is 0 Å². The molecule has 2 rings (SSSR count). The normalized spacial score (nSPS) is 11.1. The van der Waals surface area contributed by atoms with E-state index in [2.05, 4.69) is 25.6 Å². The van der Waals surface area contributed by atoms with Crippen LogP contribution in [0.25, 0.3) is 0 Å². The number of nitrogens with zero attached hydrogens (tertiary/aromatic N) is 3. The summed E-state index contributed by atoms with van der Waals surface area (Å²) in [4.78, 5) is 24.9. The molecule has 0 aliphatic heterocycles. The Morgan fingerprint density at radius 2 is 2.00 bits per heavy atom. The molecule has 0 saturated heterocycles. The molecule has 1 amide bonds. The molecule has 22 heavy (non-hydrogen) atoms. The minimum Gasteiger partial charge on any atom is -0.364 e. The third kappa shape index (κ3) is 4.80. The summed E-state index contributed by atoms with van der Waals surface area (Å²) >= 11 is 0. The highest BCUT2D eigenvalue weighted by Gasteiger charge is 2.17. The van der Waals surface area contributed by atoms with Gasteiger partial charge in [0.15, 0.2) is 0 Å².